The summed E-state index contributed by atoms with van der Waals surface area (Å²) in [6.45, 7) is 8.29. The van der Waals surface area contributed by atoms with Gasteiger partial charge in [0.25, 0.3) is 0 Å². The molecule has 1 aromatic rings. The third-order valence-corrected chi connectivity index (χ3v) is 3.17. The number of benzene rings is 1. The number of anilines is 1. The van der Waals surface area contributed by atoms with Gasteiger partial charge in [-0.3, -0.25) is 9.69 Å². The van der Waals surface area contributed by atoms with Crippen molar-refractivity contribution in [2.75, 3.05) is 45.1 Å². The van der Waals surface area contributed by atoms with Gasteiger partial charge in [-0.1, -0.05) is 12.1 Å². The van der Waals surface area contributed by atoms with Gasteiger partial charge >= 0.3 is 0 Å². The van der Waals surface area contributed by atoms with Gasteiger partial charge in [0.05, 0.1) is 6.54 Å². The van der Waals surface area contributed by atoms with E-state index >= 15 is 0 Å². The number of nitrogens with one attached hydrogen (secondary N) is 1. The zero-order valence-electron chi connectivity index (χ0n) is 10.9. The van der Waals surface area contributed by atoms with Crippen LogP contribution in [0.1, 0.15) is 5.56 Å². The molecule has 1 aliphatic heterocycles. The molecular weight excluding hydrogens is 226 g/mol. The fourth-order valence-corrected chi connectivity index (χ4v) is 2.06. The molecule has 1 aliphatic rings. The van der Waals surface area contributed by atoms with Crippen molar-refractivity contribution < 1.29 is 4.79 Å². The van der Waals surface area contributed by atoms with Crippen molar-refractivity contribution in [2.24, 2.45) is 0 Å². The lowest BCUT2D eigenvalue weighted by atomic mass is 10.2. The first-order chi connectivity index (χ1) is 8.63. The Morgan fingerprint density at radius 3 is 2.72 bits per heavy atom. The molecule has 0 unspecified atom stereocenters. The van der Waals surface area contributed by atoms with Crippen LogP contribution in [-0.4, -0.2) is 55.5 Å². The van der Waals surface area contributed by atoms with Gasteiger partial charge in [-0.05, 0) is 31.7 Å². The molecular formula is C14H20N3O. The molecule has 0 spiro atoms. The molecule has 1 radical (unpaired) electrons. The van der Waals surface area contributed by atoms with Crippen LogP contribution in [0.4, 0.5) is 5.69 Å². The molecule has 0 saturated carbocycles. The van der Waals surface area contributed by atoms with Crippen molar-refractivity contribution in [3.05, 3.63) is 36.8 Å². The van der Waals surface area contributed by atoms with Gasteiger partial charge in [0.15, 0.2) is 0 Å². The molecule has 0 aliphatic carbocycles. The molecule has 1 heterocycles. The fourth-order valence-electron chi connectivity index (χ4n) is 2.06. The Morgan fingerprint density at radius 2 is 2.06 bits per heavy atom. The molecule has 2 rings (SSSR count). The molecule has 18 heavy (non-hydrogen) atoms. The van der Waals surface area contributed by atoms with E-state index in [2.05, 4.69) is 29.1 Å². The molecule has 4 heteroatoms. The van der Waals surface area contributed by atoms with Gasteiger partial charge in [-0.25, -0.2) is 0 Å². The second kappa shape index (κ2) is 5.98. The van der Waals surface area contributed by atoms with Gasteiger partial charge in [-0.2, -0.15) is 0 Å². The minimum atomic E-state index is 0.0464. The standard InChI is InChI=1S/C14H20N3O/c1-12-4-3-5-13(10-12)15-14(18)11-17-8-6-16(2)7-9-17/h3-5,10H,1,6-9,11H2,2H3,(H,15,18). The first-order valence-electron chi connectivity index (χ1n) is 6.26. The number of nitrogens with zero attached hydrogens (tertiary/aromatic N) is 2. The van der Waals surface area contributed by atoms with E-state index < -0.39 is 0 Å². The zero-order chi connectivity index (χ0) is 13.0. The zero-order valence-corrected chi connectivity index (χ0v) is 10.9. The predicted molar refractivity (Wildman–Crippen MR) is 73.5 cm³/mol. The average molecular weight is 246 g/mol. The Kier molecular flexibility index (Phi) is 4.33. The summed E-state index contributed by atoms with van der Waals surface area (Å²) in [5, 5.41) is 2.91. The molecule has 0 aromatic heterocycles. The quantitative estimate of drug-likeness (QED) is 0.866. The first-order valence-corrected chi connectivity index (χ1v) is 6.26. The van der Waals surface area contributed by atoms with Gasteiger partial charge in [0, 0.05) is 31.9 Å². The van der Waals surface area contributed by atoms with Crippen molar-refractivity contribution >= 4 is 11.6 Å². The lowest BCUT2D eigenvalue weighted by Crippen LogP contribution is -2.47. The minimum Gasteiger partial charge on any atom is -0.325 e. The van der Waals surface area contributed by atoms with Crippen molar-refractivity contribution in [2.45, 2.75) is 0 Å². The molecule has 97 valence electrons. The highest BCUT2D eigenvalue weighted by Gasteiger charge is 2.16. The van der Waals surface area contributed by atoms with Crippen LogP contribution < -0.4 is 5.32 Å². The first kappa shape index (κ1) is 13.1. The third kappa shape index (κ3) is 3.82. The van der Waals surface area contributed by atoms with E-state index in [1.165, 1.54) is 0 Å². The molecule has 1 amide bonds. The molecule has 0 atom stereocenters. The molecule has 4 nitrogen and oxygen atoms in total. The highest BCUT2D eigenvalue weighted by molar-refractivity contribution is 5.92. The Bertz CT molecular complexity index is 411. The number of amides is 1. The second-order valence-corrected chi connectivity index (χ2v) is 4.83. The summed E-state index contributed by atoms with van der Waals surface area (Å²) < 4.78 is 0. The van der Waals surface area contributed by atoms with Crippen LogP contribution in [0.25, 0.3) is 0 Å². The maximum atomic E-state index is 11.9. The monoisotopic (exact) mass is 246 g/mol. The van der Waals surface area contributed by atoms with E-state index in [0.29, 0.717) is 6.54 Å². The Hall–Kier alpha value is -1.39. The summed E-state index contributed by atoms with van der Waals surface area (Å²) in [7, 11) is 2.11. The normalized spacial score (nSPS) is 17.7. The number of piperazine rings is 1. The summed E-state index contributed by atoms with van der Waals surface area (Å²) in [4.78, 5) is 16.3. The van der Waals surface area contributed by atoms with Gasteiger partial charge in [0.2, 0.25) is 5.91 Å². The summed E-state index contributed by atoms with van der Waals surface area (Å²) in [6.07, 6.45) is 0. The van der Waals surface area contributed by atoms with Crippen molar-refractivity contribution in [1.29, 1.82) is 0 Å². The van der Waals surface area contributed by atoms with Crippen LogP contribution in [0.5, 0.6) is 0 Å². The maximum absolute atomic E-state index is 11.9. The van der Waals surface area contributed by atoms with Crippen molar-refractivity contribution in [3.63, 3.8) is 0 Å². The van der Waals surface area contributed by atoms with Gasteiger partial charge in [-0.15, -0.1) is 0 Å². The van der Waals surface area contributed by atoms with E-state index in [9.17, 15) is 4.79 Å². The molecule has 1 fully saturated rings. The summed E-state index contributed by atoms with van der Waals surface area (Å²) in [5.41, 5.74) is 1.73. The predicted octanol–water partition coefficient (Wildman–Crippen LogP) is 1.05. The number of hydrogen-bond acceptors (Lipinski definition) is 3. The maximum Gasteiger partial charge on any atom is 0.238 e. The SMILES string of the molecule is [CH2]c1cccc(NC(=O)CN2CCN(C)CC2)c1. The highest BCUT2D eigenvalue weighted by Crippen LogP contribution is 2.09. The van der Waals surface area contributed by atoms with E-state index in [0.717, 1.165) is 37.4 Å². The van der Waals surface area contributed by atoms with Gasteiger partial charge in [0.1, 0.15) is 0 Å². The number of carbonyl (C=O) groups excluding carboxylic acids is 1. The highest BCUT2D eigenvalue weighted by atomic mass is 16.2. The summed E-state index contributed by atoms with van der Waals surface area (Å²) in [6, 6.07) is 7.57. The Morgan fingerprint density at radius 1 is 1.33 bits per heavy atom. The van der Waals surface area contributed by atoms with Crippen LogP contribution in [0.3, 0.4) is 0 Å². The summed E-state index contributed by atoms with van der Waals surface area (Å²) >= 11 is 0. The van der Waals surface area contributed by atoms with E-state index in [1.807, 2.05) is 24.3 Å². The topological polar surface area (TPSA) is 35.6 Å². The van der Waals surface area contributed by atoms with Crippen LogP contribution >= 0.6 is 0 Å². The number of carbonyl (C=O) groups is 1. The van der Waals surface area contributed by atoms with Crippen LogP contribution in [-0.2, 0) is 4.79 Å². The minimum absolute atomic E-state index is 0.0464. The van der Waals surface area contributed by atoms with Crippen LogP contribution in [0, 0.1) is 6.92 Å². The number of rotatable bonds is 3. The van der Waals surface area contributed by atoms with Crippen molar-refractivity contribution in [3.8, 4) is 0 Å². The molecule has 1 saturated heterocycles. The van der Waals surface area contributed by atoms with Crippen LogP contribution in [0.2, 0.25) is 0 Å². The number of hydrogen-bond donors (Lipinski definition) is 1. The second-order valence-electron chi connectivity index (χ2n) is 4.83. The Labute approximate surface area is 109 Å². The summed E-state index contributed by atoms with van der Waals surface area (Å²) in [5.74, 6) is 0.0464. The van der Waals surface area contributed by atoms with E-state index in [4.69, 9.17) is 0 Å². The average Bonchev–Trinajstić information content (AvgIpc) is 2.32. The van der Waals surface area contributed by atoms with E-state index in [-0.39, 0.29) is 5.91 Å². The van der Waals surface area contributed by atoms with E-state index in [1.54, 1.807) is 0 Å². The van der Waals surface area contributed by atoms with Crippen LogP contribution in [0.15, 0.2) is 24.3 Å². The van der Waals surface area contributed by atoms with Gasteiger partial charge < -0.3 is 10.2 Å². The van der Waals surface area contributed by atoms with Crippen molar-refractivity contribution in [1.82, 2.24) is 9.80 Å². The lowest BCUT2D eigenvalue weighted by molar-refractivity contribution is -0.117. The molecule has 1 aromatic carbocycles. The fraction of sp³-hybridized carbons (Fsp3) is 0.429. The molecule has 0 bridgehead atoms. The molecule has 1 N–H and O–H groups in total. The number of likely N-dealkylation sites (N-methyl/N-ethyl adjacent to an activating group) is 1. The smallest absolute Gasteiger partial charge is 0.238 e. The lowest BCUT2D eigenvalue weighted by Gasteiger charge is -2.31. The third-order valence-electron chi connectivity index (χ3n) is 3.17. The largest absolute Gasteiger partial charge is 0.325 e. The Balaban J connectivity index is 1.82.